The van der Waals surface area contributed by atoms with Gasteiger partial charge >= 0.3 is 0 Å². The molecule has 0 N–H and O–H groups in total. The largest absolute Gasteiger partial charge is 0.378 e. The maximum Gasteiger partial charge on any atom is 0.243 e. The van der Waals surface area contributed by atoms with Gasteiger partial charge in [-0.3, -0.25) is 9.69 Å². The Kier molecular flexibility index (Phi) is 2.71. The van der Waals surface area contributed by atoms with Gasteiger partial charge in [0, 0.05) is 26.2 Å². The fourth-order valence-electron chi connectivity index (χ4n) is 3.54. The van der Waals surface area contributed by atoms with Gasteiger partial charge in [-0.1, -0.05) is 6.08 Å². The Morgan fingerprint density at radius 3 is 2.76 bits per heavy atom. The van der Waals surface area contributed by atoms with Crippen LogP contribution < -0.4 is 0 Å². The molecule has 4 aliphatic rings. The van der Waals surface area contributed by atoms with Crippen molar-refractivity contribution < 1.29 is 9.53 Å². The summed E-state index contributed by atoms with van der Waals surface area (Å²) in [5, 5.41) is 0. The van der Waals surface area contributed by atoms with Gasteiger partial charge in [0.2, 0.25) is 5.91 Å². The summed E-state index contributed by atoms with van der Waals surface area (Å²) in [6.07, 6.45) is 4.02. The smallest absolute Gasteiger partial charge is 0.243 e. The van der Waals surface area contributed by atoms with Crippen LogP contribution in [0.3, 0.4) is 0 Å². The molecule has 2 bridgehead atoms. The maximum atomic E-state index is 12.6. The lowest BCUT2D eigenvalue weighted by atomic mass is 9.72. The number of carbonyl (C=O) groups is 1. The predicted molar refractivity (Wildman–Crippen MR) is 64.6 cm³/mol. The number of hydrogen-bond acceptors (Lipinski definition) is 3. The number of morpholine rings is 1. The number of ether oxygens (including phenoxy) is 1. The van der Waals surface area contributed by atoms with E-state index in [1.807, 2.05) is 11.0 Å². The summed E-state index contributed by atoms with van der Waals surface area (Å²) in [7, 11) is 0. The lowest BCUT2D eigenvalue weighted by Gasteiger charge is -2.44. The molecular formula is C13H20N2O2. The Labute approximate surface area is 102 Å². The van der Waals surface area contributed by atoms with Gasteiger partial charge < -0.3 is 9.64 Å². The minimum absolute atomic E-state index is 0.184. The Morgan fingerprint density at radius 1 is 1.41 bits per heavy atom. The minimum Gasteiger partial charge on any atom is -0.378 e. The number of fused-ring (bicyclic) bond motifs is 1. The Bertz CT molecular complexity index is 330. The van der Waals surface area contributed by atoms with E-state index in [-0.39, 0.29) is 5.54 Å². The van der Waals surface area contributed by atoms with Crippen molar-refractivity contribution in [1.29, 1.82) is 0 Å². The molecule has 3 aliphatic heterocycles. The minimum atomic E-state index is -0.184. The van der Waals surface area contributed by atoms with Crippen LogP contribution in [0, 0.1) is 5.92 Å². The van der Waals surface area contributed by atoms with Gasteiger partial charge in [-0.15, -0.1) is 6.58 Å². The first-order valence-electron chi connectivity index (χ1n) is 6.49. The maximum absolute atomic E-state index is 12.6. The Hall–Kier alpha value is -0.870. The second kappa shape index (κ2) is 4.10. The number of rotatable bonds is 3. The molecule has 3 heterocycles. The summed E-state index contributed by atoms with van der Waals surface area (Å²) in [5.41, 5.74) is -0.184. The molecule has 4 nitrogen and oxygen atoms in total. The summed E-state index contributed by atoms with van der Waals surface area (Å²) in [5.74, 6) is 1.07. The highest BCUT2D eigenvalue weighted by molar-refractivity contribution is 5.88. The van der Waals surface area contributed by atoms with Crippen LogP contribution in [0.15, 0.2) is 12.7 Å². The van der Waals surface area contributed by atoms with Crippen LogP contribution in [0.1, 0.15) is 12.8 Å². The molecule has 0 aromatic heterocycles. The van der Waals surface area contributed by atoms with Gasteiger partial charge in [0.1, 0.15) is 5.54 Å². The third-order valence-corrected chi connectivity index (χ3v) is 4.38. The van der Waals surface area contributed by atoms with E-state index in [1.54, 1.807) is 0 Å². The van der Waals surface area contributed by atoms with Gasteiger partial charge in [-0.2, -0.15) is 0 Å². The van der Waals surface area contributed by atoms with Crippen LogP contribution in [0.25, 0.3) is 0 Å². The average Bonchev–Trinajstić information content (AvgIpc) is 2.84. The summed E-state index contributed by atoms with van der Waals surface area (Å²) < 4.78 is 5.31. The molecule has 0 unspecified atom stereocenters. The van der Waals surface area contributed by atoms with E-state index in [9.17, 15) is 4.79 Å². The van der Waals surface area contributed by atoms with Crippen molar-refractivity contribution in [2.45, 2.75) is 18.4 Å². The zero-order valence-electron chi connectivity index (χ0n) is 10.2. The van der Waals surface area contributed by atoms with E-state index in [2.05, 4.69) is 11.5 Å². The molecule has 0 spiro atoms. The molecule has 1 aliphatic carbocycles. The zero-order valence-corrected chi connectivity index (χ0v) is 10.2. The fourth-order valence-corrected chi connectivity index (χ4v) is 3.54. The van der Waals surface area contributed by atoms with Crippen molar-refractivity contribution >= 4 is 5.91 Å². The van der Waals surface area contributed by atoms with E-state index < -0.39 is 0 Å². The van der Waals surface area contributed by atoms with Crippen molar-refractivity contribution in [3.63, 3.8) is 0 Å². The van der Waals surface area contributed by atoms with Gasteiger partial charge in [-0.25, -0.2) is 0 Å². The number of amides is 1. The first kappa shape index (κ1) is 11.2. The van der Waals surface area contributed by atoms with E-state index in [4.69, 9.17) is 4.74 Å². The lowest BCUT2D eigenvalue weighted by molar-refractivity contribution is -0.149. The van der Waals surface area contributed by atoms with E-state index >= 15 is 0 Å². The standard InChI is InChI=1S/C13H20N2O2/c1-2-3-15-10-11-8-13(15,9-11)12(16)14-4-6-17-7-5-14/h2,11H,1,3-10H2. The van der Waals surface area contributed by atoms with Gasteiger partial charge in [0.05, 0.1) is 13.2 Å². The zero-order chi connectivity index (χ0) is 11.9. The molecule has 0 aromatic carbocycles. The van der Waals surface area contributed by atoms with Crippen LogP contribution in [-0.2, 0) is 9.53 Å². The second-order valence-electron chi connectivity index (χ2n) is 5.40. The number of nitrogens with zero attached hydrogens (tertiary/aromatic N) is 2. The fraction of sp³-hybridized carbons (Fsp3) is 0.769. The van der Waals surface area contributed by atoms with Crippen molar-refractivity contribution in [1.82, 2.24) is 9.80 Å². The van der Waals surface area contributed by atoms with Crippen LogP contribution in [0.5, 0.6) is 0 Å². The van der Waals surface area contributed by atoms with Crippen molar-refractivity contribution in [3.8, 4) is 0 Å². The predicted octanol–water partition coefficient (Wildman–Crippen LogP) is 0.496. The molecule has 94 valence electrons. The van der Waals surface area contributed by atoms with Gasteiger partial charge in [-0.05, 0) is 18.8 Å². The van der Waals surface area contributed by atoms with Crippen LogP contribution >= 0.6 is 0 Å². The molecule has 3 saturated heterocycles. The Balaban J connectivity index is 1.73. The molecule has 4 fully saturated rings. The SMILES string of the molecule is C=CCN1CC2CC1(C(=O)N1CCOCC1)C2. The highest BCUT2D eigenvalue weighted by Crippen LogP contribution is 2.51. The Morgan fingerprint density at radius 2 is 2.12 bits per heavy atom. The summed E-state index contributed by atoms with van der Waals surface area (Å²) in [6.45, 7) is 8.59. The highest BCUT2D eigenvalue weighted by Gasteiger charge is 2.61. The lowest BCUT2D eigenvalue weighted by Crippen LogP contribution is -2.60. The molecular weight excluding hydrogens is 216 g/mol. The quantitative estimate of drug-likeness (QED) is 0.669. The van der Waals surface area contributed by atoms with Crippen molar-refractivity contribution in [2.75, 3.05) is 39.4 Å². The molecule has 0 radical (unpaired) electrons. The van der Waals surface area contributed by atoms with Crippen molar-refractivity contribution in [2.24, 2.45) is 5.92 Å². The summed E-state index contributed by atoms with van der Waals surface area (Å²) in [4.78, 5) is 16.9. The average molecular weight is 236 g/mol. The van der Waals surface area contributed by atoms with E-state index in [0.29, 0.717) is 19.1 Å². The first-order chi connectivity index (χ1) is 8.26. The van der Waals surface area contributed by atoms with Gasteiger partial charge in [0.15, 0.2) is 0 Å². The summed E-state index contributed by atoms with van der Waals surface area (Å²) >= 11 is 0. The number of hydrogen-bond donors (Lipinski definition) is 0. The molecule has 1 amide bonds. The third kappa shape index (κ3) is 1.62. The monoisotopic (exact) mass is 236 g/mol. The van der Waals surface area contributed by atoms with Gasteiger partial charge in [0.25, 0.3) is 0 Å². The van der Waals surface area contributed by atoms with Crippen LogP contribution in [0.2, 0.25) is 0 Å². The first-order valence-corrected chi connectivity index (χ1v) is 6.49. The van der Waals surface area contributed by atoms with E-state index in [1.165, 1.54) is 0 Å². The molecule has 4 rings (SSSR count). The topological polar surface area (TPSA) is 32.8 Å². The molecule has 1 saturated carbocycles. The summed E-state index contributed by atoms with van der Waals surface area (Å²) in [6, 6.07) is 0. The molecule has 17 heavy (non-hydrogen) atoms. The molecule has 0 aromatic rings. The molecule has 0 atom stereocenters. The third-order valence-electron chi connectivity index (χ3n) is 4.38. The van der Waals surface area contributed by atoms with Crippen LogP contribution in [0.4, 0.5) is 0 Å². The normalized spacial score (nSPS) is 36.7. The van der Waals surface area contributed by atoms with Crippen molar-refractivity contribution in [3.05, 3.63) is 12.7 Å². The second-order valence-corrected chi connectivity index (χ2v) is 5.40. The molecule has 4 heteroatoms. The van der Waals surface area contributed by atoms with Crippen LogP contribution in [-0.4, -0.2) is 60.6 Å². The highest BCUT2D eigenvalue weighted by atomic mass is 16.5. The van der Waals surface area contributed by atoms with E-state index in [0.717, 1.165) is 44.9 Å². The number of carbonyl (C=O) groups excluding carboxylic acids is 1.